The van der Waals surface area contributed by atoms with Crippen molar-refractivity contribution in [2.45, 2.75) is 24.3 Å². The van der Waals surface area contributed by atoms with Crippen LogP contribution in [-0.2, 0) is 0 Å². The Morgan fingerprint density at radius 2 is 2.00 bits per heavy atom. The zero-order chi connectivity index (χ0) is 8.27. The molecule has 1 aliphatic rings. The van der Waals surface area contributed by atoms with Crippen molar-refractivity contribution in [2.75, 3.05) is 19.6 Å². The summed E-state index contributed by atoms with van der Waals surface area (Å²) in [7, 11) is 0. The molecule has 0 amide bonds. The third-order valence-electron chi connectivity index (χ3n) is 1.81. The molecule has 0 aromatic heterocycles. The molecular weight excluding hydrogens is 154 g/mol. The van der Waals surface area contributed by atoms with Gasteiger partial charge in [0.15, 0.2) is 0 Å². The van der Waals surface area contributed by atoms with Gasteiger partial charge in [0.05, 0.1) is 6.54 Å². The van der Waals surface area contributed by atoms with E-state index in [0.29, 0.717) is 0 Å². The number of terminal acetylenes is 1. The molecule has 1 saturated heterocycles. The maximum atomic E-state index is 5.25. The summed E-state index contributed by atoms with van der Waals surface area (Å²) in [5.74, 6) is 2.70. The average molecular weight is 169 g/mol. The van der Waals surface area contributed by atoms with Crippen LogP contribution >= 0.6 is 11.8 Å². The van der Waals surface area contributed by atoms with E-state index >= 15 is 0 Å². The van der Waals surface area contributed by atoms with Crippen molar-refractivity contribution < 1.29 is 0 Å². The fraction of sp³-hybridized carbons (Fsp3) is 0.778. The van der Waals surface area contributed by atoms with Crippen LogP contribution in [-0.4, -0.2) is 35.0 Å². The highest BCUT2D eigenvalue weighted by Gasteiger charge is 2.20. The van der Waals surface area contributed by atoms with Crippen LogP contribution in [0.4, 0.5) is 0 Å². The van der Waals surface area contributed by atoms with Gasteiger partial charge in [0.2, 0.25) is 0 Å². The summed E-state index contributed by atoms with van der Waals surface area (Å²) < 4.78 is 0. The summed E-state index contributed by atoms with van der Waals surface area (Å²) >= 11 is 2.06. The lowest BCUT2D eigenvalue weighted by atomic mass is 10.3. The first kappa shape index (κ1) is 8.96. The highest BCUT2D eigenvalue weighted by molar-refractivity contribution is 8.00. The molecule has 2 unspecified atom stereocenters. The quantitative estimate of drug-likeness (QED) is 0.547. The van der Waals surface area contributed by atoms with Gasteiger partial charge in [0.25, 0.3) is 0 Å². The second-order valence-corrected chi connectivity index (χ2v) is 5.04. The van der Waals surface area contributed by atoms with E-state index in [9.17, 15) is 0 Å². The molecule has 0 aromatic rings. The lowest BCUT2D eigenvalue weighted by Gasteiger charge is -2.33. The summed E-state index contributed by atoms with van der Waals surface area (Å²) in [5.41, 5.74) is 0. The number of thioether (sulfide) groups is 1. The van der Waals surface area contributed by atoms with Gasteiger partial charge in [0.1, 0.15) is 0 Å². The second kappa shape index (κ2) is 4.04. The molecule has 2 atom stereocenters. The van der Waals surface area contributed by atoms with Crippen molar-refractivity contribution in [2.24, 2.45) is 0 Å². The van der Waals surface area contributed by atoms with Crippen molar-refractivity contribution in [3.63, 3.8) is 0 Å². The van der Waals surface area contributed by atoms with Gasteiger partial charge in [-0.15, -0.1) is 6.42 Å². The fourth-order valence-electron chi connectivity index (χ4n) is 1.54. The first-order chi connectivity index (χ1) is 5.22. The molecule has 0 N–H and O–H groups in total. The molecule has 1 nitrogen and oxygen atoms in total. The minimum atomic E-state index is 0.743. The third-order valence-corrected chi connectivity index (χ3v) is 3.04. The third kappa shape index (κ3) is 2.76. The molecular formula is C9H15NS. The van der Waals surface area contributed by atoms with Gasteiger partial charge in [-0.3, -0.25) is 4.90 Å². The Morgan fingerprint density at radius 1 is 1.45 bits per heavy atom. The standard InChI is InChI=1S/C9H15NS/c1-4-5-10-6-8(2)11-9(3)7-10/h1,8-9H,5-7H2,2-3H3. The van der Waals surface area contributed by atoms with Gasteiger partial charge < -0.3 is 0 Å². The second-order valence-electron chi connectivity index (χ2n) is 3.16. The molecule has 0 aliphatic carbocycles. The van der Waals surface area contributed by atoms with Crippen LogP contribution in [0.3, 0.4) is 0 Å². The number of hydrogen-bond donors (Lipinski definition) is 0. The first-order valence-electron chi connectivity index (χ1n) is 4.03. The van der Waals surface area contributed by atoms with Crippen molar-refractivity contribution in [3.05, 3.63) is 0 Å². The maximum absolute atomic E-state index is 5.25. The minimum absolute atomic E-state index is 0.743. The summed E-state index contributed by atoms with van der Waals surface area (Å²) in [6.07, 6.45) is 5.25. The molecule has 0 aromatic carbocycles. The van der Waals surface area contributed by atoms with Crippen molar-refractivity contribution in [3.8, 4) is 12.3 Å². The molecule has 2 heteroatoms. The van der Waals surface area contributed by atoms with Gasteiger partial charge in [-0.1, -0.05) is 19.8 Å². The smallest absolute Gasteiger partial charge is 0.0599 e. The largest absolute Gasteiger partial charge is 0.290 e. The van der Waals surface area contributed by atoms with Crippen molar-refractivity contribution in [1.29, 1.82) is 0 Å². The fourth-order valence-corrected chi connectivity index (χ4v) is 2.93. The van der Waals surface area contributed by atoms with Crippen LogP contribution in [0.5, 0.6) is 0 Å². The molecule has 62 valence electrons. The van der Waals surface area contributed by atoms with Crippen LogP contribution in [0.2, 0.25) is 0 Å². The molecule has 0 bridgehead atoms. The molecule has 11 heavy (non-hydrogen) atoms. The lowest BCUT2D eigenvalue weighted by molar-refractivity contribution is 0.304. The topological polar surface area (TPSA) is 3.24 Å². The number of rotatable bonds is 1. The van der Waals surface area contributed by atoms with E-state index in [0.717, 1.165) is 30.1 Å². The molecule has 1 aliphatic heterocycles. The minimum Gasteiger partial charge on any atom is -0.290 e. The number of nitrogens with zero attached hydrogens (tertiary/aromatic N) is 1. The monoisotopic (exact) mass is 169 g/mol. The molecule has 1 rings (SSSR count). The Balaban J connectivity index is 2.38. The van der Waals surface area contributed by atoms with Crippen LogP contribution in [0.1, 0.15) is 13.8 Å². The molecule has 1 heterocycles. The Labute approximate surface area is 73.5 Å². The molecule has 1 fully saturated rings. The van der Waals surface area contributed by atoms with Crippen molar-refractivity contribution >= 4 is 11.8 Å². The summed E-state index contributed by atoms with van der Waals surface area (Å²) in [6.45, 7) is 7.65. The normalized spacial score (nSPS) is 33.2. The zero-order valence-electron chi connectivity index (χ0n) is 7.21. The SMILES string of the molecule is C#CCN1CC(C)SC(C)C1. The molecule has 0 saturated carbocycles. The maximum Gasteiger partial charge on any atom is 0.0599 e. The highest BCUT2D eigenvalue weighted by Crippen LogP contribution is 2.23. The van der Waals surface area contributed by atoms with Gasteiger partial charge in [-0.05, 0) is 0 Å². The van der Waals surface area contributed by atoms with Gasteiger partial charge in [-0.2, -0.15) is 11.8 Å². The number of hydrogen-bond acceptors (Lipinski definition) is 2. The summed E-state index contributed by atoms with van der Waals surface area (Å²) in [4.78, 5) is 2.35. The van der Waals surface area contributed by atoms with Crippen molar-refractivity contribution in [1.82, 2.24) is 4.90 Å². The Kier molecular flexibility index (Phi) is 3.29. The zero-order valence-corrected chi connectivity index (χ0v) is 8.03. The molecule has 0 radical (unpaired) electrons. The Morgan fingerprint density at radius 3 is 2.45 bits per heavy atom. The van der Waals surface area contributed by atoms with E-state index in [1.54, 1.807) is 0 Å². The van der Waals surface area contributed by atoms with E-state index in [1.807, 2.05) is 0 Å². The van der Waals surface area contributed by atoms with Gasteiger partial charge >= 0.3 is 0 Å². The highest BCUT2D eigenvalue weighted by atomic mass is 32.2. The van der Waals surface area contributed by atoms with E-state index in [4.69, 9.17) is 6.42 Å². The van der Waals surface area contributed by atoms with E-state index in [1.165, 1.54) is 0 Å². The van der Waals surface area contributed by atoms with Crippen LogP contribution < -0.4 is 0 Å². The van der Waals surface area contributed by atoms with Crippen LogP contribution in [0.25, 0.3) is 0 Å². The Bertz CT molecular complexity index is 151. The van der Waals surface area contributed by atoms with E-state index in [-0.39, 0.29) is 0 Å². The molecule has 0 spiro atoms. The van der Waals surface area contributed by atoms with Gasteiger partial charge in [-0.25, -0.2) is 0 Å². The summed E-state index contributed by atoms with van der Waals surface area (Å²) in [6, 6.07) is 0. The summed E-state index contributed by atoms with van der Waals surface area (Å²) in [5, 5.41) is 1.49. The predicted molar refractivity (Wildman–Crippen MR) is 51.8 cm³/mol. The van der Waals surface area contributed by atoms with E-state index < -0.39 is 0 Å². The van der Waals surface area contributed by atoms with Gasteiger partial charge in [0, 0.05) is 23.6 Å². The lowest BCUT2D eigenvalue weighted by Crippen LogP contribution is -2.40. The first-order valence-corrected chi connectivity index (χ1v) is 4.98. The van der Waals surface area contributed by atoms with Crippen LogP contribution in [0.15, 0.2) is 0 Å². The Hall–Kier alpha value is -0.130. The van der Waals surface area contributed by atoms with E-state index in [2.05, 4.69) is 36.4 Å². The van der Waals surface area contributed by atoms with Crippen LogP contribution in [0, 0.1) is 12.3 Å². The predicted octanol–water partition coefficient (Wildman–Crippen LogP) is 1.45. The average Bonchev–Trinajstić information content (AvgIpc) is 1.85.